The third-order valence-corrected chi connectivity index (χ3v) is 3.97. The second kappa shape index (κ2) is 15.7. The van der Waals surface area contributed by atoms with Crippen LogP contribution in [0.5, 0.6) is 0 Å². The Hall–Kier alpha value is -1.56. The molecule has 0 heterocycles. The summed E-state index contributed by atoms with van der Waals surface area (Å²) < 4.78 is 0. The summed E-state index contributed by atoms with van der Waals surface area (Å²) in [6, 6.07) is 37.3. The van der Waals surface area contributed by atoms with E-state index in [-0.39, 0.29) is 34.1 Å². The standard InChI is InChI=1S/C14H16.2C5H5.2Fe/c1-12(14-8-4-5-9-14)10-11-13-6-2-3-7-13;2*1-2-4-5-3-1;;/h2-9,12H,10-11H2,1H3;2*1-5H;;/q-2;2*-1;2*+2. The summed E-state index contributed by atoms with van der Waals surface area (Å²) in [5.41, 5.74) is 2.93. The maximum Gasteiger partial charge on any atom is 2.00 e. The normalized spacial score (nSPS) is 10.0. The topological polar surface area (TPSA) is 0 Å². The number of hydrogen-bond donors (Lipinski definition) is 0. The Bertz CT molecular complexity index is 611. The predicted octanol–water partition coefficient (Wildman–Crippen LogP) is 6.67. The monoisotopic (exact) mass is 426 g/mol. The van der Waals surface area contributed by atoms with E-state index in [1.165, 1.54) is 24.0 Å². The van der Waals surface area contributed by atoms with E-state index in [0.717, 1.165) is 0 Å². The smallest absolute Gasteiger partial charge is 0.214 e. The summed E-state index contributed by atoms with van der Waals surface area (Å²) in [6.07, 6.45) is 2.44. The van der Waals surface area contributed by atoms with Crippen molar-refractivity contribution in [2.75, 3.05) is 0 Å². The maximum absolute atomic E-state index is 2.30. The molecule has 0 fully saturated rings. The zero-order valence-electron chi connectivity index (χ0n) is 15.1. The molecule has 1 atom stereocenters. The van der Waals surface area contributed by atoms with Gasteiger partial charge in [0.1, 0.15) is 0 Å². The molecule has 0 aliphatic carbocycles. The van der Waals surface area contributed by atoms with Crippen LogP contribution in [-0.2, 0) is 40.6 Å². The summed E-state index contributed by atoms with van der Waals surface area (Å²) in [4.78, 5) is 0. The first kappa shape index (κ1) is 24.4. The molecule has 0 amide bonds. The molecule has 0 nitrogen and oxygen atoms in total. The van der Waals surface area contributed by atoms with Crippen molar-refractivity contribution in [1.82, 2.24) is 0 Å². The molecule has 0 spiro atoms. The largest absolute Gasteiger partial charge is 2.00 e. The van der Waals surface area contributed by atoms with Gasteiger partial charge < -0.3 is 0 Å². The molecule has 0 bridgehead atoms. The molecule has 0 aromatic heterocycles. The second-order valence-electron chi connectivity index (χ2n) is 5.88. The van der Waals surface area contributed by atoms with Crippen LogP contribution in [0.15, 0.2) is 109 Å². The molecule has 138 valence electrons. The maximum atomic E-state index is 2.30. The summed E-state index contributed by atoms with van der Waals surface area (Å²) in [5.74, 6) is 0.680. The van der Waals surface area contributed by atoms with Gasteiger partial charge in [0, 0.05) is 0 Å². The van der Waals surface area contributed by atoms with Crippen molar-refractivity contribution in [2.45, 2.75) is 25.7 Å². The Balaban J connectivity index is 0.000000432. The van der Waals surface area contributed by atoms with Crippen LogP contribution in [0, 0.1) is 0 Å². The summed E-state index contributed by atoms with van der Waals surface area (Å²) in [5, 5.41) is 0. The first-order valence-electron chi connectivity index (χ1n) is 8.62. The molecule has 0 radical (unpaired) electrons. The van der Waals surface area contributed by atoms with Gasteiger partial charge in [0.2, 0.25) is 0 Å². The molecule has 4 rings (SSSR count). The fraction of sp³-hybridized carbons (Fsp3) is 0.167. The Morgan fingerprint density at radius 1 is 0.654 bits per heavy atom. The molecule has 0 aliphatic heterocycles. The molecule has 0 saturated carbocycles. The van der Waals surface area contributed by atoms with Gasteiger partial charge in [-0.05, 0) is 0 Å². The van der Waals surface area contributed by atoms with E-state index >= 15 is 0 Å². The average Bonchev–Trinajstić information content (AvgIpc) is 3.42. The first-order chi connectivity index (χ1) is 11.9. The third-order valence-electron chi connectivity index (χ3n) is 3.97. The predicted molar refractivity (Wildman–Crippen MR) is 105 cm³/mol. The summed E-state index contributed by atoms with van der Waals surface area (Å²) in [7, 11) is 0. The molecule has 0 aliphatic rings. The molecule has 4 aromatic rings. The molecule has 26 heavy (non-hydrogen) atoms. The zero-order chi connectivity index (χ0) is 16.9. The Labute approximate surface area is 179 Å². The zero-order valence-corrected chi connectivity index (χ0v) is 17.3. The van der Waals surface area contributed by atoms with E-state index in [1.54, 1.807) is 0 Å². The first-order valence-corrected chi connectivity index (χ1v) is 8.62. The van der Waals surface area contributed by atoms with Crippen molar-refractivity contribution >= 4 is 0 Å². The van der Waals surface area contributed by atoms with Gasteiger partial charge >= 0.3 is 34.1 Å². The van der Waals surface area contributed by atoms with Gasteiger partial charge in [-0.1, -0.05) is 25.7 Å². The molecule has 2 heteroatoms. The molecule has 0 saturated heterocycles. The molecule has 0 N–H and O–H groups in total. The minimum Gasteiger partial charge on any atom is -0.214 e. The van der Waals surface area contributed by atoms with Gasteiger partial charge in [0.25, 0.3) is 0 Å². The number of aryl methyl sites for hydroxylation is 1. The van der Waals surface area contributed by atoms with E-state index in [9.17, 15) is 0 Å². The molecular weight excluding hydrogens is 400 g/mol. The van der Waals surface area contributed by atoms with Crippen LogP contribution in [0.1, 0.15) is 30.4 Å². The van der Waals surface area contributed by atoms with Crippen molar-refractivity contribution in [1.29, 1.82) is 0 Å². The van der Waals surface area contributed by atoms with E-state index < -0.39 is 0 Å². The Morgan fingerprint density at radius 3 is 1.46 bits per heavy atom. The SMILES string of the molecule is CC(CC[c-]1cccc1)[c-]1cccc1.[Fe+2].[Fe+2].c1cc[cH-]c1.c1cc[cH-]c1. The summed E-state index contributed by atoms with van der Waals surface area (Å²) >= 11 is 0. The molecule has 4 aromatic carbocycles. The quantitative estimate of drug-likeness (QED) is 0.253. The van der Waals surface area contributed by atoms with E-state index in [1.807, 2.05) is 60.7 Å². The van der Waals surface area contributed by atoms with Crippen molar-refractivity contribution in [3.63, 3.8) is 0 Å². The minimum absolute atomic E-state index is 0. The van der Waals surface area contributed by atoms with Crippen molar-refractivity contribution in [2.24, 2.45) is 0 Å². The van der Waals surface area contributed by atoms with Gasteiger partial charge in [0.15, 0.2) is 0 Å². The van der Waals surface area contributed by atoms with Gasteiger partial charge in [-0.3, -0.25) is 0 Å². The van der Waals surface area contributed by atoms with E-state index in [2.05, 4.69) is 55.5 Å². The van der Waals surface area contributed by atoms with Crippen molar-refractivity contribution in [3.05, 3.63) is 120 Å². The van der Waals surface area contributed by atoms with Crippen molar-refractivity contribution < 1.29 is 34.1 Å². The Kier molecular flexibility index (Phi) is 14.7. The Morgan fingerprint density at radius 2 is 1.08 bits per heavy atom. The van der Waals surface area contributed by atoms with E-state index in [4.69, 9.17) is 0 Å². The summed E-state index contributed by atoms with van der Waals surface area (Å²) in [6.45, 7) is 2.30. The average molecular weight is 426 g/mol. The van der Waals surface area contributed by atoms with Gasteiger partial charge in [-0.2, -0.15) is 71.8 Å². The van der Waals surface area contributed by atoms with Gasteiger partial charge in [-0.15, -0.1) is 0 Å². The van der Waals surface area contributed by atoms with Crippen LogP contribution in [0.4, 0.5) is 0 Å². The van der Waals surface area contributed by atoms with Gasteiger partial charge in [-0.25, -0.2) is 48.5 Å². The fourth-order valence-corrected chi connectivity index (χ4v) is 2.49. The number of hydrogen-bond acceptors (Lipinski definition) is 0. The van der Waals surface area contributed by atoms with Crippen LogP contribution in [0.25, 0.3) is 0 Å². The van der Waals surface area contributed by atoms with Crippen LogP contribution in [0.3, 0.4) is 0 Å². The third kappa shape index (κ3) is 10.4. The number of rotatable bonds is 4. The van der Waals surface area contributed by atoms with Crippen molar-refractivity contribution in [3.8, 4) is 0 Å². The van der Waals surface area contributed by atoms with Crippen LogP contribution >= 0.6 is 0 Å². The molecular formula is C24H26Fe2. The van der Waals surface area contributed by atoms with Gasteiger partial charge in [0.05, 0.1) is 0 Å². The van der Waals surface area contributed by atoms with Crippen LogP contribution in [0.2, 0.25) is 0 Å². The van der Waals surface area contributed by atoms with Crippen LogP contribution in [-0.4, -0.2) is 0 Å². The molecule has 1 unspecified atom stereocenters. The van der Waals surface area contributed by atoms with Crippen LogP contribution < -0.4 is 0 Å². The second-order valence-corrected chi connectivity index (χ2v) is 5.88. The fourth-order valence-electron chi connectivity index (χ4n) is 2.49. The van der Waals surface area contributed by atoms with E-state index in [0.29, 0.717) is 5.92 Å². The minimum atomic E-state index is 0.